The predicted octanol–water partition coefficient (Wildman–Crippen LogP) is 1.13. The number of anilines is 1. The molecule has 8 heteroatoms. The van der Waals surface area contributed by atoms with Crippen LogP contribution in [0.25, 0.3) is 0 Å². The van der Waals surface area contributed by atoms with Gasteiger partial charge in [-0.15, -0.1) is 0 Å². The van der Waals surface area contributed by atoms with Crippen molar-refractivity contribution in [3.05, 3.63) is 33.9 Å². The molecule has 1 unspecified atom stereocenters. The number of ether oxygens (including phenoxy) is 1. The molecular formula is C13H18N4O4. The fraction of sp³-hybridized carbons (Fsp3) is 0.462. The minimum Gasteiger partial charge on any atom is -0.375 e. The van der Waals surface area contributed by atoms with Crippen LogP contribution in [0.1, 0.15) is 23.7 Å². The Hall–Kier alpha value is -2.19. The van der Waals surface area contributed by atoms with E-state index >= 15 is 0 Å². The van der Waals surface area contributed by atoms with Gasteiger partial charge < -0.3 is 15.1 Å². The summed E-state index contributed by atoms with van der Waals surface area (Å²) in [6.07, 6.45) is 0.758. The molecule has 0 aliphatic carbocycles. The van der Waals surface area contributed by atoms with E-state index in [4.69, 9.17) is 10.6 Å². The average molecular weight is 294 g/mol. The van der Waals surface area contributed by atoms with E-state index in [0.717, 1.165) is 6.42 Å². The quantitative estimate of drug-likeness (QED) is 0.489. The molecule has 1 aromatic carbocycles. The number of nitrogens with two attached hydrogens (primary N) is 1. The Kier molecular flexibility index (Phi) is 4.71. The lowest BCUT2D eigenvalue weighted by Crippen LogP contribution is -2.45. The maximum atomic E-state index is 12.6. The molecule has 0 spiro atoms. The van der Waals surface area contributed by atoms with E-state index in [-0.39, 0.29) is 23.3 Å². The van der Waals surface area contributed by atoms with Crippen LogP contribution in [0.15, 0.2) is 18.2 Å². The molecule has 1 heterocycles. The molecule has 2 rings (SSSR count). The van der Waals surface area contributed by atoms with Crippen molar-refractivity contribution < 1.29 is 14.5 Å². The highest BCUT2D eigenvalue weighted by atomic mass is 16.6. The smallest absolute Gasteiger partial charge is 0.282 e. The van der Waals surface area contributed by atoms with Gasteiger partial charge in [0.05, 0.1) is 17.6 Å². The number of nitro groups is 1. The molecular weight excluding hydrogens is 276 g/mol. The Morgan fingerprint density at radius 2 is 2.38 bits per heavy atom. The van der Waals surface area contributed by atoms with Crippen LogP contribution in [0, 0.1) is 10.1 Å². The summed E-state index contributed by atoms with van der Waals surface area (Å²) >= 11 is 0. The first-order valence-corrected chi connectivity index (χ1v) is 6.72. The van der Waals surface area contributed by atoms with E-state index < -0.39 is 4.92 Å². The minimum absolute atomic E-state index is 0.0300. The van der Waals surface area contributed by atoms with Gasteiger partial charge in [-0.3, -0.25) is 20.8 Å². The SMILES string of the molecule is CCC1CN(C(=O)c2cc(NN)ccc2[N+](=O)[O-])CCO1. The highest BCUT2D eigenvalue weighted by Crippen LogP contribution is 2.24. The number of carbonyl (C=O) groups is 1. The first kappa shape index (κ1) is 15.2. The second kappa shape index (κ2) is 6.51. The van der Waals surface area contributed by atoms with Gasteiger partial charge in [0, 0.05) is 24.8 Å². The number of amides is 1. The summed E-state index contributed by atoms with van der Waals surface area (Å²) in [4.78, 5) is 24.7. The van der Waals surface area contributed by atoms with Gasteiger partial charge in [0.15, 0.2) is 0 Å². The Labute approximate surface area is 122 Å². The van der Waals surface area contributed by atoms with Crippen LogP contribution in [-0.4, -0.2) is 41.5 Å². The van der Waals surface area contributed by atoms with Crippen LogP contribution in [0.4, 0.5) is 11.4 Å². The zero-order valence-electron chi connectivity index (χ0n) is 11.7. The summed E-state index contributed by atoms with van der Waals surface area (Å²) in [5.41, 5.74) is 2.65. The molecule has 0 aromatic heterocycles. The highest BCUT2D eigenvalue weighted by molar-refractivity contribution is 5.99. The minimum atomic E-state index is -0.564. The summed E-state index contributed by atoms with van der Waals surface area (Å²) in [5.74, 6) is 4.93. The molecule has 0 bridgehead atoms. The average Bonchev–Trinajstić information content (AvgIpc) is 2.53. The Balaban J connectivity index is 2.30. The molecule has 0 radical (unpaired) electrons. The highest BCUT2D eigenvalue weighted by Gasteiger charge is 2.29. The van der Waals surface area contributed by atoms with Gasteiger partial charge in [-0.25, -0.2) is 0 Å². The van der Waals surface area contributed by atoms with Crippen molar-refractivity contribution in [2.75, 3.05) is 25.1 Å². The predicted molar refractivity (Wildman–Crippen MR) is 76.8 cm³/mol. The molecule has 0 saturated carbocycles. The number of benzene rings is 1. The van der Waals surface area contributed by atoms with Crippen LogP contribution in [-0.2, 0) is 4.74 Å². The molecule has 1 aliphatic heterocycles. The molecule has 1 aromatic rings. The van der Waals surface area contributed by atoms with Gasteiger partial charge >= 0.3 is 0 Å². The van der Waals surface area contributed by atoms with Gasteiger partial charge in [-0.2, -0.15) is 0 Å². The summed E-state index contributed by atoms with van der Waals surface area (Å²) < 4.78 is 5.51. The van der Waals surface area contributed by atoms with Crippen LogP contribution in [0.2, 0.25) is 0 Å². The number of nitrogen functional groups attached to an aromatic ring is 1. The zero-order chi connectivity index (χ0) is 15.4. The number of hydrazine groups is 1. The van der Waals surface area contributed by atoms with E-state index in [9.17, 15) is 14.9 Å². The van der Waals surface area contributed by atoms with Crippen LogP contribution >= 0.6 is 0 Å². The molecule has 21 heavy (non-hydrogen) atoms. The van der Waals surface area contributed by atoms with E-state index in [2.05, 4.69) is 5.43 Å². The summed E-state index contributed by atoms with van der Waals surface area (Å²) in [7, 11) is 0. The van der Waals surface area contributed by atoms with Crippen LogP contribution in [0.3, 0.4) is 0 Å². The third-order valence-corrected chi connectivity index (χ3v) is 3.47. The van der Waals surface area contributed by atoms with Gasteiger partial charge in [-0.05, 0) is 18.6 Å². The van der Waals surface area contributed by atoms with Gasteiger partial charge in [0.25, 0.3) is 11.6 Å². The van der Waals surface area contributed by atoms with Crippen molar-refractivity contribution >= 4 is 17.3 Å². The first-order chi connectivity index (χ1) is 10.1. The maximum absolute atomic E-state index is 12.6. The summed E-state index contributed by atoms with van der Waals surface area (Å²) in [6, 6.07) is 4.14. The molecule has 8 nitrogen and oxygen atoms in total. The second-order valence-corrected chi connectivity index (χ2v) is 4.79. The number of hydrogen-bond acceptors (Lipinski definition) is 6. The lowest BCUT2D eigenvalue weighted by molar-refractivity contribution is -0.385. The van der Waals surface area contributed by atoms with Crippen molar-refractivity contribution in [1.82, 2.24) is 4.90 Å². The van der Waals surface area contributed by atoms with Crippen molar-refractivity contribution in [2.45, 2.75) is 19.4 Å². The maximum Gasteiger partial charge on any atom is 0.282 e. The van der Waals surface area contributed by atoms with E-state index in [1.165, 1.54) is 18.2 Å². The number of nitro benzene ring substituents is 1. The standard InChI is InChI=1S/C13H18N4O4/c1-2-10-8-16(5-6-21-10)13(18)11-7-9(15-14)3-4-12(11)17(19)20/h3-4,7,10,15H,2,5-6,8,14H2,1H3. The van der Waals surface area contributed by atoms with E-state index in [1.54, 1.807) is 4.90 Å². The fourth-order valence-electron chi connectivity index (χ4n) is 2.28. The Morgan fingerprint density at radius 3 is 3.00 bits per heavy atom. The number of nitrogens with one attached hydrogen (secondary N) is 1. The van der Waals surface area contributed by atoms with E-state index in [0.29, 0.717) is 25.4 Å². The Bertz CT molecular complexity index is 549. The second-order valence-electron chi connectivity index (χ2n) is 4.79. The summed E-state index contributed by atoms with van der Waals surface area (Å²) in [5, 5.41) is 11.1. The third kappa shape index (κ3) is 3.29. The monoisotopic (exact) mass is 294 g/mol. The number of rotatable bonds is 4. The normalized spacial score (nSPS) is 18.4. The molecule has 1 atom stereocenters. The van der Waals surface area contributed by atoms with Gasteiger partial charge in [-0.1, -0.05) is 6.92 Å². The number of carbonyl (C=O) groups excluding carboxylic acids is 1. The van der Waals surface area contributed by atoms with Gasteiger partial charge in [0.1, 0.15) is 5.56 Å². The fourth-order valence-corrected chi connectivity index (χ4v) is 2.28. The number of hydrogen-bond donors (Lipinski definition) is 2. The zero-order valence-corrected chi connectivity index (χ0v) is 11.7. The van der Waals surface area contributed by atoms with Gasteiger partial charge in [0.2, 0.25) is 0 Å². The van der Waals surface area contributed by atoms with Crippen molar-refractivity contribution in [3.8, 4) is 0 Å². The summed E-state index contributed by atoms with van der Waals surface area (Å²) in [6.45, 7) is 3.27. The molecule has 1 saturated heterocycles. The van der Waals surface area contributed by atoms with Crippen molar-refractivity contribution in [3.63, 3.8) is 0 Å². The van der Waals surface area contributed by atoms with Crippen LogP contribution in [0.5, 0.6) is 0 Å². The third-order valence-electron chi connectivity index (χ3n) is 3.47. The molecule has 3 N–H and O–H groups in total. The van der Waals surface area contributed by atoms with Crippen LogP contribution < -0.4 is 11.3 Å². The first-order valence-electron chi connectivity index (χ1n) is 6.72. The molecule has 114 valence electrons. The molecule has 1 fully saturated rings. The number of morpholine rings is 1. The Morgan fingerprint density at radius 1 is 1.62 bits per heavy atom. The number of nitrogens with zero attached hydrogens (tertiary/aromatic N) is 2. The lowest BCUT2D eigenvalue weighted by Gasteiger charge is -2.32. The molecule has 1 aliphatic rings. The molecule has 1 amide bonds. The topological polar surface area (TPSA) is 111 Å². The van der Waals surface area contributed by atoms with Crippen molar-refractivity contribution in [2.24, 2.45) is 5.84 Å². The van der Waals surface area contributed by atoms with E-state index in [1.807, 2.05) is 6.92 Å². The largest absolute Gasteiger partial charge is 0.375 e. The van der Waals surface area contributed by atoms with Crippen molar-refractivity contribution in [1.29, 1.82) is 0 Å². The lowest BCUT2D eigenvalue weighted by atomic mass is 10.1.